The van der Waals surface area contributed by atoms with Gasteiger partial charge in [0, 0.05) is 10.7 Å². The molecule has 1 aromatic carbocycles. The highest BCUT2D eigenvalue weighted by molar-refractivity contribution is 9.10. The first kappa shape index (κ1) is 12.1. The molecule has 0 spiro atoms. The van der Waals surface area contributed by atoms with E-state index in [4.69, 9.17) is 11.6 Å². The van der Waals surface area contributed by atoms with Gasteiger partial charge >= 0.3 is 0 Å². The third-order valence-electron chi connectivity index (χ3n) is 2.11. The van der Waals surface area contributed by atoms with Crippen LogP contribution in [0, 0.1) is 0 Å². The van der Waals surface area contributed by atoms with Crippen LogP contribution in [0.1, 0.15) is 10.4 Å². The van der Waals surface area contributed by atoms with Crippen LogP contribution in [-0.4, -0.2) is 10.9 Å². The summed E-state index contributed by atoms with van der Waals surface area (Å²) in [4.78, 5) is 15.9. The molecule has 1 amide bonds. The topological polar surface area (TPSA) is 42.0 Å². The molecular weight excluding hydrogens is 304 g/mol. The smallest absolute Gasteiger partial charge is 0.258 e. The Bertz CT molecular complexity index is 560. The summed E-state index contributed by atoms with van der Waals surface area (Å²) < 4.78 is 0.726. The van der Waals surface area contributed by atoms with Crippen molar-refractivity contribution in [2.45, 2.75) is 0 Å². The monoisotopic (exact) mass is 310 g/mol. The zero-order valence-corrected chi connectivity index (χ0v) is 11.0. The van der Waals surface area contributed by atoms with Crippen molar-refractivity contribution >= 4 is 39.3 Å². The molecule has 0 fully saturated rings. The highest BCUT2D eigenvalue weighted by Crippen LogP contribution is 2.21. The van der Waals surface area contributed by atoms with Gasteiger partial charge in [-0.05, 0) is 40.2 Å². The number of anilines is 1. The van der Waals surface area contributed by atoms with Crippen LogP contribution in [0.5, 0.6) is 0 Å². The number of hydrogen-bond donors (Lipinski definition) is 1. The molecule has 2 rings (SSSR count). The van der Waals surface area contributed by atoms with Crippen molar-refractivity contribution in [2.24, 2.45) is 0 Å². The fourth-order valence-electron chi connectivity index (χ4n) is 1.30. The number of amides is 1. The van der Waals surface area contributed by atoms with Crippen molar-refractivity contribution < 1.29 is 4.79 Å². The average Bonchev–Trinajstić information content (AvgIpc) is 2.32. The largest absolute Gasteiger partial charge is 0.305 e. The van der Waals surface area contributed by atoms with Crippen molar-refractivity contribution in [3.8, 4) is 0 Å². The number of nitrogens with zero attached hydrogens (tertiary/aromatic N) is 1. The van der Waals surface area contributed by atoms with E-state index in [-0.39, 0.29) is 5.91 Å². The first-order valence-corrected chi connectivity index (χ1v) is 6.02. The molecule has 0 aliphatic carbocycles. The molecule has 17 heavy (non-hydrogen) atoms. The van der Waals surface area contributed by atoms with Crippen LogP contribution in [0.15, 0.2) is 47.1 Å². The van der Waals surface area contributed by atoms with Gasteiger partial charge in [-0.25, -0.2) is 4.98 Å². The molecule has 0 aliphatic rings. The second kappa shape index (κ2) is 5.29. The minimum Gasteiger partial charge on any atom is -0.305 e. The minimum atomic E-state index is -0.252. The van der Waals surface area contributed by atoms with E-state index in [1.165, 1.54) is 0 Å². The zero-order valence-electron chi connectivity index (χ0n) is 8.65. The van der Waals surface area contributed by atoms with E-state index in [0.717, 1.165) is 4.47 Å². The van der Waals surface area contributed by atoms with Gasteiger partial charge in [0.15, 0.2) is 5.82 Å². The number of benzene rings is 1. The summed E-state index contributed by atoms with van der Waals surface area (Å²) in [5.74, 6) is 0.105. The predicted octanol–water partition coefficient (Wildman–Crippen LogP) is 3.75. The number of halogens is 2. The average molecular weight is 312 g/mol. The lowest BCUT2D eigenvalue weighted by Crippen LogP contribution is -2.13. The summed E-state index contributed by atoms with van der Waals surface area (Å²) in [6.07, 6.45) is 1.57. The summed E-state index contributed by atoms with van der Waals surface area (Å²) in [5, 5.41) is 3.07. The Kier molecular flexibility index (Phi) is 3.76. The fraction of sp³-hybridized carbons (Fsp3) is 0. The summed E-state index contributed by atoms with van der Waals surface area (Å²) in [7, 11) is 0. The van der Waals surface area contributed by atoms with Gasteiger partial charge < -0.3 is 5.32 Å². The molecule has 1 N–H and O–H groups in total. The zero-order chi connectivity index (χ0) is 12.3. The lowest BCUT2D eigenvalue weighted by molar-refractivity contribution is 0.102. The quantitative estimate of drug-likeness (QED) is 0.918. The van der Waals surface area contributed by atoms with E-state index in [2.05, 4.69) is 26.2 Å². The van der Waals surface area contributed by atoms with Crippen LogP contribution < -0.4 is 5.32 Å². The molecule has 1 aromatic heterocycles. The van der Waals surface area contributed by atoms with Gasteiger partial charge in [0.1, 0.15) is 0 Å². The Morgan fingerprint density at radius 3 is 2.71 bits per heavy atom. The SMILES string of the molecule is O=C(Nc1ncccc1Cl)c1ccccc1Br. The molecule has 0 atom stereocenters. The summed E-state index contributed by atoms with van der Waals surface area (Å²) in [6, 6.07) is 10.5. The number of nitrogens with one attached hydrogen (secondary N) is 1. The van der Waals surface area contributed by atoms with Crippen molar-refractivity contribution in [2.75, 3.05) is 5.32 Å². The summed E-state index contributed by atoms with van der Waals surface area (Å²) in [6.45, 7) is 0. The predicted molar refractivity (Wildman–Crippen MR) is 71.3 cm³/mol. The van der Waals surface area contributed by atoms with Crippen molar-refractivity contribution in [1.82, 2.24) is 4.98 Å². The third kappa shape index (κ3) is 2.84. The molecule has 0 unspecified atom stereocenters. The number of rotatable bonds is 2. The van der Waals surface area contributed by atoms with Gasteiger partial charge in [-0.3, -0.25) is 4.79 Å². The molecular formula is C12H8BrClN2O. The maximum atomic E-state index is 11.9. The van der Waals surface area contributed by atoms with Crippen molar-refractivity contribution in [1.29, 1.82) is 0 Å². The van der Waals surface area contributed by atoms with Gasteiger partial charge in [-0.1, -0.05) is 23.7 Å². The molecule has 1 heterocycles. The Morgan fingerprint density at radius 2 is 2.00 bits per heavy atom. The molecule has 0 saturated carbocycles. The molecule has 0 radical (unpaired) electrons. The van der Waals surface area contributed by atoms with Crippen LogP contribution in [0.3, 0.4) is 0 Å². The standard InChI is InChI=1S/C12H8BrClN2O/c13-9-5-2-1-4-8(9)12(17)16-11-10(14)6-3-7-15-11/h1-7H,(H,15,16,17). The van der Waals surface area contributed by atoms with E-state index in [0.29, 0.717) is 16.4 Å². The highest BCUT2D eigenvalue weighted by atomic mass is 79.9. The maximum absolute atomic E-state index is 11.9. The van der Waals surface area contributed by atoms with Gasteiger partial charge in [-0.2, -0.15) is 0 Å². The normalized spacial score (nSPS) is 10.0. The third-order valence-corrected chi connectivity index (χ3v) is 3.11. The molecule has 5 heteroatoms. The Hall–Kier alpha value is -1.39. The first-order valence-electron chi connectivity index (χ1n) is 4.85. The van der Waals surface area contributed by atoms with E-state index in [1.807, 2.05) is 6.07 Å². The lowest BCUT2D eigenvalue weighted by atomic mass is 10.2. The number of aromatic nitrogens is 1. The van der Waals surface area contributed by atoms with Crippen LogP contribution >= 0.6 is 27.5 Å². The summed E-state index contributed by atoms with van der Waals surface area (Å²) in [5.41, 5.74) is 0.536. The Balaban J connectivity index is 2.24. The molecule has 0 saturated heterocycles. The van der Waals surface area contributed by atoms with Gasteiger partial charge in [0.05, 0.1) is 10.6 Å². The molecule has 3 nitrogen and oxygen atoms in total. The van der Waals surface area contributed by atoms with Gasteiger partial charge in [0.2, 0.25) is 0 Å². The molecule has 86 valence electrons. The second-order valence-corrected chi connectivity index (χ2v) is 4.53. The van der Waals surface area contributed by atoms with E-state index in [1.54, 1.807) is 36.5 Å². The second-order valence-electron chi connectivity index (χ2n) is 3.27. The Labute approximate surface area is 112 Å². The van der Waals surface area contributed by atoms with Crippen molar-refractivity contribution in [3.63, 3.8) is 0 Å². The summed E-state index contributed by atoms with van der Waals surface area (Å²) >= 11 is 9.22. The lowest BCUT2D eigenvalue weighted by Gasteiger charge is -2.06. The minimum absolute atomic E-state index is 0.252. The van der Waals surface area contributed by atoms with Crippen molar-refractivity contribution in [3.05, 3.63) is 57.7 Å². The molecule has 2 aromatic rings. The first-order chi connectivity index (χ1) is 8.18. The van der Waals surface area contributed by atoms with Gasteiger partial charge in [0.25, 0.3) is 5.91 Å². The highest BCUT2D eigenvalue weighted by Gasteiger charge is 2.11. The van der Waals surface area contributed by atoms with Gasteiger partial charge in [-0.15, -0.1) is 0 Å². The number of carbonyl (C=O) groups is 1. The number of pyridine rings is 1. The molecule has 0 bridgehead atoms. The van der Waals surface area contributed by atoms with E-state index >= 15 is 0 Å². The van der Waals surface area contributed by atoms with E-state index in [9.17, 15) is 4.79 Å². The van der Waals surface area contributed by atoms with Crippen LogP contribution in [0.4, 0.5) is 5.82 Å². The fourth-order valence-corrected chi connectivity index (χ4v) is 1.93. The molecule has 0 aliphatic heterocycles. The Morgan fingerprint density at radius 1 is 1.24 bits per heavy atom. The number of hydrogen-bond acceptors (Lipinski definition) is 2. The number of carbonyl (C=O) groups excluding carboxylic acids is 1. The van der Waals surface area contributed by atoms with Crippen LogP contribution in [0.2, 0.25) is 5.02 Å². The van der Waals surface area contributed by atoms with Crippen LogP contribution in [0.25, 0.3) is 0 Å². The maximum Gasteiger partial charge on any atom is 0.258 e. The van der Waals surface area contributed by atoms with E-state index < -0.39 is 0 Å². The van der Waals surface area contributed by atoms with Crippen LogP contribution in [-0.2, 0) is 0 Å².